The van der Waals surface area contributed by atoms with E-state index < -0.39 is 0 Å². The Bertz CT molecular complexity index is 1140. The number of para-hydroxylation sites is 1. The second-order valence-corrected chi connectivity index (χ2v) is 11.6. The molecule has 0 unspecified atom stereocenters. The van der Waals surface area contributed by atoms with Crippen LogP contribution in [-0.4, -0.2) is 39.8 Å². The van der Waals surface area contributed by atoms with Crippen molar-refractivity contribution in [3.8, 4) is 0 Å². The number of carbonyl (C=O) groups excluding carboxylic acids is 1. The predicted octanol–water partition coefficient (Wildman–Crippen LogP) is 8.80. The number of fused-ring (bicyclic) bond motifs is 1. The highest BCUT2D eigenvalue weighted by Gasteiger charge is 2.28. The van der Waals surface area contributed by atoms with Crippen LogP contribution < -0.4 is 0 Å². The number of piperidine rings is 1. The van der Waals surface area contributed by atoms with Crippen molar-refractivity contribution >= 4 is 28.4 Å². The van der Waals surface area contributed by atoms with Crippen molar-refractivity contribution in [1.82, 2.24) is 14.8 Å². The molecule has 3 aromatic rings. The maximum absolute atomic E-state index is 13.7. The summed E-state index contributed by atoms with van der Waals surface area (Å²) in [5.74, 6) is 0.267. The minimum absolute atomic E-state index is 0.241. The first-order valence-corrected chi connectivity index (χ1v) is 15.6. The number of likely N-dealkylation sites (tertiary alicyclic amines) is 1. The van der Waals surface area contributed by atoms with Gasteiger partial charge in [-0.25, -0.2) is 4.98 Å². The van der Waals surface area contributed by atoms with E-state index in [0.29, 0.717) is 18.1 Å². The molecule has 0 aliphatic carbocycles. The van der Waals surface area contributed by atoms with E-state index in [1.165, 1.54) is 50.5 Å². The first-order valence-electron chi connectivity index (χ1n) is 15.2. The number of pyridine rings is 1. The van der Waals surface area contributed by atoms with Gasteiger partial charge in [0.25, 0.3) is 0 Å². The summed E-state index contributed by atoms with van der Waals surface area (Å²) in [4.78, 5) is 22.9. The number of hydrogen-bond donors (Lipinski definition) is 0. The normalized spacial score (nSPS) is 14.6. The summed E-state index contributed by atoms with van der Waals surface area (Å²) in [5, 5.41) is 1.58. The molecule has 1 amide bonds. The molecule has 1 aromatic heterocycles. The summed E-state index contributed by atoms with van der Waals surface area (Å²) in [6.45, 7) is 5.78. The van der Waals surface area contributed by atoms with Crippen molar-refractivity contribution in [2.45, 2.75) is 103 Å². The van der Waals surface area contributed by atoms with Gasteiger partial charge in [-0.2, -0.15) is 0 Å². The molecule has 0 atom stereocenters. The van der Waals surface area contributed by atoms with Crippen LogP contribution in [0.15, 0.2) is 60.7 Å². The van der Waals surface area contributed by atoms with Gasteiger partial charge < -0.3 is 4.90 Å². The molecule has 5 heteroatoms. The van der Waals surface area contributed by atoms with Crippen molar-refractivity contribution in [3.05, 3.63) is 76.9 Å². The van der Waals surface area contributed by atoms with Gasteiger partial charge in [0, 0.05) is 49.6 Å². The number of unbranched alkanes of at least 4 members (excludes halogenated alkanes) is 8. The molecular weight excluding hydrogens is 502 g/mol. The minimum Gasteiger partial charge on any atom is -0.335 e. The number of rotatable bonds is 15. The first kappa shape index (κ1) is 29.6. The van der Waals surface area contributed by atoms with Gasteiger partial charge in [-0.15, -0.1) is 0 Å². The van der Waals surface area contributed by atoms with Gasteiger partial charge in [0.1, 0.15) is 5.15 Å². The lowest BCUT2D eigenvalue weighted by molar-refractivity contribution is -0.135. The smallest absolute Gasteiger partial charge is 0.223 e. The summed E-state index contributed by atoms with van der Waals surface area (Å²) < 4.78 is 0. The van der Waals surface area contributed by atoms with E-state index in [1.54, 1.807) is 0 Å². The van der Waals surface area contributed by atoms with Crippen LogP contribution in [0.5, 0.6) is 0 Å². The number of carbonyl (C=O) groups is 1. The SMILES string of the molecule is CCCCCCCCCCCC(=O)N(Cc1cc2ccccc2nc1Cl)C1CCN(Cc2ccccc2)CC1. The fourth-order valence-corrected chi connectivity index (χ4v) is 6.02. The molecule has 1 saturated heterocycles. The molecule has 0 bridgehead atoms. The third-order valence-electron chi connectivity index (χ3n) is 8.15. The van der Waals surface area contributed by atoms with E-state index in [4.69, 9.17) is 11.6 Å². The van der Waals surface area contributed by atoms with E-state index in [0.717, 1.165) is 61.8 Å². The van der Waals surface area contributed by atoms with E-state index in [-0.39, 0.29) is 11.9 Å². The molecular formula is C34H46ClN3O. The van der Waals surface area contributed by atoms with Gasteiger partial charge in [-0.05, 0) is 37.0 Å². The van der Waals surface area contributed by atoms with Crippen LogP contribution >= 0.6 is 11.6 Å². The number of nitrogens with zero attached hydrogens (tertiary/aromatic N) is 3. The zero-order chi connectivity index (χ0) is 27.3. The number of benzene rings is 2. The maximum atomic E-state index is 13.7. The molecule has 0 N–H and O–H groups in total. The van der Waals surface area contributed by atoms with Crippen molar-refractivity contribution < 1.29 is 4.79 Å². The van der Waals surface area contributed by atoms with Gasteiger partial charge in [0.15, 0.2) is 0 Å². The Balaban J connectivity index is 1.35. The standard InChI is InChI=1S/C34H46ClN3O/c1-2-3-4-5-6-7-8-9-13-20-33(39)38(27-30-25-29-18-14-15-19-32(29)36-34(30)35)31-21-23-37(24-22-31)26-28-16-11-10-12-17-28/h10-12,14-19,25,31H,2-9,13,20-24,26-27H2,1H3. The van der Waals surface area contributed by atoms with Crippen molar-refractivity contribution in [2.24, 2.45) is 0 Å². The highest BCUT2D eigenvalue weighted by atomic mass is 35.5. The van der Waals surface area contributed by atoms with Gasteiger partial charge >= 0.3 is 0 Å². The first-order chi connectivity index (χ1) is 19.1. The number of hydrogen-bond acceptors (Lipinski definition) is 3. The number of amides is 1. The predicted molar refractivity (Wildman–Crippen MR) is 164 cm³/mol. The molecule has 39 heavy (non-hydrogen) atoms. The Morgan fingerprint density at radius 2 is 1.54 bits per heavy atom. The highest BCUT2D eigenvalue weighted by molar-refractivity contribution is 6.30. The molecule has 2 heterocycles. The average Bonchev–Trinajstić information content (AvgIpc) is 2.96. The lowest BCUT2D eigenvalue weighted by atomic mass is 10.00. The molecule has 4 rings (SSSR count). The monoisotopic (exact) mass is 547 g/mol. The molecule has 0 radical (unpaired) electrons. The third-order valence-corrected chi connectivity index (χ3v) is 8.48. The van der Waals surface area contributed by atoms with Crippen LogP contribution in [-0.2, 0) is 17.9 Å². The van der Waals surface area contributed by atoms with Crippen LogP contribution in [0.25, 0.3) is 10.9 Å². The van der Waals surface area contributed by atoms with Crippen LogP contribution in [0.1, 0.15) is 95.1 Å². The summed E-state index contributed by atoms with van der Waals surface area (Å²) in [7, 11) is 0. The van der Waals surface area contributed by atoms with E-state index in [2.05, 4.69) is 64.2 Å². The summed E-state index contributed by atoms with van der Waals surface area (Å²) >= 11 is 6.65. The molecule has 1 aliphatic rings. The Hall–Kier alpha value is -2.43. The van der Waals surface area contributed by atoms with E-state index in [1.807, 2.05) is 18.2 Å². The largest absolute Gasteiger partial charge is 0.335 e. The lowest BCUT2D eigenvalue weighted by Gasteiger charge is -2.39. The van der Waals surface area contributed by atoms with Crippen LogP contribution in [0.2, 0.25) is 5.15 Å². The van der Waals surface area contributed by atoms with Gasteiger partial charge in [0.2, 0.25) is 5.91 Å². The van der Waals surface area contributed by atoms with Gasteiger partial charge in [-0.1, -0.05) is 118 Å². The molecule has 4 nitrogen and oxygen atoms in total. The van der Waals surface area contributed by atoms with E-state index >= 15 is 0 Å². The van der Waals surface area contributed by atoms with E-state index in [9.17, 15) is 4.79 Å². The summed E-state index contributed by atoms with van der Waals surface area (Å²) in [6.07, 6.45) is 13.9. The molecule has 2 aromatic carbocycles. The topological polar surface area (TPSA) is 36.4 Å². The quantitative estimate of drug-likeness (QED) is 0.141. The number of aromatic nitrogens is 1. The Morgan fingerprint density at radius 1 is 0.897 bits per heavy atom. The lowest BCUT2D eigenvalue weighted by Crippen LogP contribution is -2.46. The third kappa shape index (κ3) is 9.32. The molecule has 1 aliphatic heterocycles. The van der Waals surface area contributed by atoms with Crippen LogP contribution in [0, 0.1) is 0 Å². The summed E-state index contributed by atoms with van der Waals surface area (Å²) in [6, 6.07) is 21.1. The maximum Gasteiger partial charge on any atom is 0.223 e. The van der Waals surface area contributed by atoms with Gasteiger partial charge in [0.05, 0.1) is 5.52 Å². The molecule has 0 spiro atoms. The second-order valence-electron chi connectivity index (χ2n) is 11.2. The van der Waals surface area contributed by atoms with Crippen molar-refractivity contribution in [1.29, 1.82) is 0 Å². The number of halogens is 1. The highest BCUT2D eigenvalue weighted by Crippen LogP contribution is 2.26. The van der Waals surface area contributed by atoms with Gasteiger partial charge in [-0.3, -0.25) is 9.69 Å². The Morgan fingerprint density at radius 3 is 2.26 bits per heavy atom. The van der Waals surface area contributed by atoms with Crippen molar-refractivity contribution in [2.75, 3.05) is 13.1 Å². The Labute approximate surface area is 240 Å². The zero-order valence-corrected chi connectivity index (χ0v) is 24.5. The average molecular weight is 548 g/mol. The molecule has 0 saturated carbocycles. The minimum atomic E-state index is 0.241. The second kappa shape index (κ2) is 16.0. The van der Waals surface area contributed by atoms with Crippen LogP contribution in [0.3, 0.4) is 0 Å². The fraction of sp³-hybridized carbons (Fsp3) is 0.529. The van der Waals surface area contributed by atoms with Crippen LogP contribution in [0.4, 0.5) is 0 Å². The Kier molecular flexibility index (Phi) is 12.1. The zero-order valence-electron chi connectivity index (χ0n) is 23.8. The fourth-order valence-electron chi connectivity index (χ4n) is 5.81. The molecule has 210 valence electrons. The van der Waals surface area contributed by atoms with Crippen molar-refractivity contribution in [3.63, 3.8) is 0 Å². The molecule has 1 fully saturated rings. The summed E-state index contributed by atoms with van der Waals surface area (Å²) in [5.41, 5.74) is 3.19.